The minimum Gasteiger partial charge on any atom is -0.459 e. The number of rotatable bonds is 2. The van der Waals surface area contributed by atoms with E-state index in [9.17, 15) is 4.79 Å². The van der Waals surface area contributed by atoms with Gasteiger partial charge in [-0.1, -0.05) is 0 Å². The van der Waals surface area contributed by atoms with Gasteiger partial charge in [0.05, 0.1) is 17.0 Å². The van der Waals surface area contributed by atoms with Crippen LogP contribution in [0.2, 0.25) is 0 Å². The molecule has 10 aliphatic rings. The first-order chi connectivity index (χ1) is 13.7. The molecule has 29 heavy (non-hydrogen) atoms. The molecule has 10 rings (SSSR count). The van der Waals surface area contributed by atoms with Crippen LogP contribution in [0.15, 0.2) is 0 Å². The van der Waals surface area contributed by atoms with Crippen LogP contribution in [-0.4, -0.2) is 33.7 Å². The summed E-state index contributed by atoms with van der Waals surface area (Å²) in [6.07, 6.45) is 11.5. The second-order valence-corrected chi connectivity index (χ2v) is 14.0. The molecule has 4 heteroatoms. The molecule has 156 valence electrons. The molecule has 8 saturated carbocycles. The third-order valence-corrected chi connectivity index (χ3v) is 13.2. The average Bonchev–Trinajstić information content (AvgIpc) is 3.23. The molecule has 10 fully saturated rings. The smallest absolute Gasteiger partial charge is 0.310 e. The summed E-state index contributed by atoms with van der Waals surface area (Å²) in [5.74, 6) is 3.42. The standard InChI is InChI=1S/C25H34N2O2/c1-19-10-22-9-17(23(12-22)11-20(2)25(23,27-20)24(19,22)26-19)18(28)29-21(3)15-5-13-4-14(7-15)8-16(21)6-13/h13-17,26-27H,4-12H2,1-3H3. The van der Waals surface area contributed by atoms with E-state index in [1.54, 1.807) is 0 Å². The third-order valence-electron chi connectivity index (χ3n) is 13.2. The van der Waals surface area contributed by atoms with Gasteiger partial charge in [0, 0.05) is 16.5 Å². The molecule has 4 nitrogen and oxygen atoms in total. The fourth-order valence-electron chi connectivity index (χ4n) is 12.9. The number of carbonyl (C=O) groups is 1. The van der Waals surface area contributed by atoms with Gasteiger partial charge in [-0.3, -0.25) is 4.79 Å². The van der Waals surface area contributed by atoms with Crippen LogP contribution in [0.1, 0.15) is 78.6 Å². The van der Waals surface area contributed by atoms with Crippen molar-refractivity contribution in [2.75, 3.05) is 0 Å². The molecule has 0 amide bonds. The van der Waals surface area contributed by atoms with Gasteiger partial charge < -0.3 is 15.4 Å². The lowest BCUT2D eigenvalue weighted by Crippen LogP contribution is -2.71. The van der Waals surface area contributed by atoms with Crippen LogP contribution in [-0.2, 0) is 9.53 Å². The predicted octanol–water partition coefficient (Wildman–Crippen LogP) is 3.15. The highest BCUT2D eigenvalue weighted by molar-refractivity contribution is 5.81. The van der Waals surface area contributed by atoms with Crippen molar-refractivity contribution in [3.05, 3.63) is 0 Å². The number of hydrogen-bond acceptors (Lipinski definition) is 4. The topological polar surface area (TPSA) is 70.2 Å². The molecule has 2 aliphatic heterocycles. The summed E-state index contributed by atoms with van der Waals surface area (Å²) < 4.78 is 6.68. The molecule has 0 radical (unpaired) electrons. The van der Waals surface area contributed by atoms with E-state index in [-0.39, 0.29) is 34.0 Å². The van der Waals surface area contributed by atoms with Gasteiger partial charge in [0.25, 0.3) is 0 Å². The Hall–Kier alpha value is -0.610. The molecule has 6 bridgehead atoms. The van der Waals surface area contributed by atoms with Crippen LogP contribution >= 0.6 is 0 Å². The monoisotopic (exact) mass is 394 g/mol. The normalized spacial score (nSPS) is 75.3. The van der Waals surface area contributed by atoms with Gasteiger partial charge in [0.2, 0.25) is 0 Å². The predicted molar refractivity (Wildman–Crippen MR) is 107 cm³/mol. The van der Waals surface area contributed by atoms with Crippen molar-refractivity contribution in [1.82, 2.24) is 10.6 Å². The summed E-state index contributed by atoms with van der Waals surface area (Å²) in [6.45, 7) is 7.17. The van der Waals surface area contributed by atoms with Crippen molar-refractivity contribution in [2.45, 2.75) is 106 Å². The minimum atomic E-state index is -0.179. The molecule has 0 aromatic rings. The van der Waals surface area contributed by atoms with Crippen LogP contribution < -0.4 is 10.6 Å². The average molecular weight is 395 g/mol. The fourth-order valence-corrected chi connectivity index (χ4v) is 12.9. The Labute approximate surface area is 173 Å². The van der Waals surface area contributed by atoms with E-state index in [0.29, 0.717) is 28.3 Å². The lowest BCUT2D eigenvalue weighted by molar-refractivity contribution is -0.214. The van der Waals surface area contributed by atoms with Gasteiger partial charge in [-0.05, 0) is 108 Å². The molecule has 7 unspecified atom stereocenters. The molecule has 2 saturated heterocycles. The number of carbonyl (C=O) groups excluding carboxylic acids is 1. The van der Waals surface area contributed by atoms with Crippen molar-refractivity contribution in [3.8, 4) is 0 Å². The summed E-state index contributed by atoms with van der Waals surface area (Å²) in [7, 11) is 0. The highest BCUT2D eigenvalue weighted by Crippen LogP contribution is 2.98. The summed E-state index contributed by atoms with van der Waals surface area (Å²) >= 11 is 0. The van der Waals surface area contributed by atoms with E-state index >= 15 is 0 Å². The molecular weight excluding hydrogens is 360 g/mol. The number of esters is 1. The lowest BCUT2D eigenvalue weighted by Gasteiger charge is -2.61. The Morgan fingerprint density at radius 2 is 1.45 bits per heavy atom. The molecular formula is C25H34N2O2. The summed E-state index contributed by atoms with van der Waals surface area (Å²) in [5.41, 5.74) is 1.44. The summed E-state index contributed by atoms with van der Waals surface area (Å²) in [5, 5.41) is 7.98. The zero-order valence-electron chi connectivity index (χ0n) is 18.1. The fraction of sp³-hybridized carbons (Fsp3) is 0.960. The maximum Gasteiger partial charge on any atom is 0.310 e. The zero-order chi connectivity index (χ0) is 19.4. The molecule has 2 N–H and O–H groups in total. The zero-order valence-corrected chi connectivity index (χ0v) is 18.1. The SMILES string of the molecule is CC1(OC(=O)C2CC34CC5(C)NC35C35NC3(C)CC25C4)C2CC3CC(C2)CC1C3. The molecule has 0 aromatic heterocycles. The van der Waals surface area contributed by atoms with Crippen molar-refractivity contribution in [2.24, 2.45) is 40.4 Å². The van der Waals surface area contributed by atoms with Gasteiger partial charge in [0.1, 0.15) is 5.60 Å². The van der Waals surface area contributed by atoms with Crippen LogP contribution in [0.4, 0.5) is 0 Å². The molecule has 8 aliphatic carbocycles. The third kappa shape index (κ3) is 1.18. The van der Waals surface area contributed by atoms with Gasteiger partial charge in [-0.2, -0.15) is 0 Å². The van der Waals surface area contributed by atoms with E-state index in [0.717, 1.165) is 18.3 Å². The summed E-state index contributed by atoms with van der Waals surface area (Å²) in [6, 6.07) is 0. The first-order valence-electron chi connectivity index (χ1n) is 12.5. The van der Waals surface area contributed by atoms with Crippen molar-refractivity contribution in [1.29, 1.82) is 0 Å². The lowest BCUT2D eigenvalue weighted by atomic mass is 9.41. The number of nitrogens with one attached hydrogen (secondary N) is 2. The van der Waals surface area contributed by atoms with E-state index in [1.807, 2.05) is 0 Å². The minimum absolute atomic E-state index is 0.136. The summed E-state index contributed by atoms with van der Waals surface area (Å²) in [4.78, 5) is 13.9. The van der Waals surface area contributed by atoms with E-state index < -0.39 is 0 Å². The molecule has 0 aromatic carbocycles. The Morgan fingerprint density at radius 3 is 2.00 bits per heavy atom. The highest BCUT2D eigenvalue weighted by Gasteiger charge is 3.10. The Morgan fingerprint density at radius 1 is 0.828 bits per heavy atom. The second kappa shape index (κ2) is 3.74. The maximum atomic E-state index is 13.9. The van der Waals surface area contributed by atoms with Crippen molar-refractivity contribution in [3.63, 3.8) is 0 Å². The number of hydrogen-bond donors (Lipinski definition) is 2. The first kappa shape index (κ1) is 16.1. The quantitative estimate of drug-likeness (QED) is 0.558. The van der Waals surface area contributed by atoms with Gasteiger partial charge in [0.15, 0.2) is 0 Å². The van der Waals surface area contributed by atoms with E-state index in [1.165, 1.54) is 51.4 Å². The highest BCUT2D eigenvalue weighted by atomic mass is 16.6. The van der Waals surface area contributed by atoms with Gasteiger partial charge >= 0.3 is 5.97 Å². The van der Waals surface area contributed by atoms with E-state index in [2.05, 4.69) is 31.4 Å². The van der Waals surface area contributed by atoms with Gasteiger partial charge in [-0.15, -0.1) is 0 Å². The van der Waals surface area contributed by atoms with Crippen LogP contribution in [0.5, 0.6) is 0 Å². The van der Waals surface area contributed by atoms with E-state index in [4.69, 9.17) is 4.74 Å². The maximum absolute atomic E-state index is 13.9. The Bertz CT molecular complexity index is 919. The second-order valence-electron chi connectivity index (χ2n) is 14.0. The Balaban J connectivity index is 1.07. The van der Waals surface area contributed by atoms with Crippen LogP contribution in [0, 0.1) is 40.4 Å². The van der Waals surface area contributed by atoms with Crippen molar-refractivity contribution < 1.29 is 9.53 Å². The number of ether oxygens (including phenoxy) is 1. The molecule has 2 heterocycles. The van der Waals surface area contributed by atoms with Gasteiger partial charge in [-0.25, -0.2) is 0 Å². The van der Waals surface area contributed by atoms with Crippen LogP contribution in [0.25, 0.3) is 0 Å². The Kier molecular flexibility index (Phi) is 2.08. The largest absolute Gasteiger partial charge is 0.459 e. The first-order valence-corrected chi connectivity index (χ1v) is 12.5. The molecule has 7 atom stereocenters. The molecule has 4 spiro atoms. The van der Waals surface area contributed by atoms with Crippen LogP contribution in [0.3, 0.4) is 0 Å². The van der Waals surface area contributed by atoms with Crippen molar-refractivity contribution >= 4 is 5.97 Å².